The monoisotopic (exact) mass is 455 g/mol. The lowest BCUT2D eigenvalue weighted by Crippen LogP contribution is -2.33. The number of hydrogen-bond donors (Lipinski definition) is 3. The zero-order valence-corrected chi connectivity index (χ0v) is 18.5. The number of halogens is 1. The Balaban J connectivity index is 1.49. The number of aryl methyl sites for hydroxylation is 1. The number of carbonyl (C=O) groups is 1. The molecule has 1 saturated heterocycles. The Morgan fingerprint density at radius 3 is 2.91 bits per heavy atom. The minimum absolute atomic E-state index is 0.235. The highest BCUT2D eigenvalue weighted by Gasteiger charge is 2.19. The van der Waals surface area contributed by atoms with Gasteiger partial charge >= 0.3 is 0 Å². The molecule has 1 amide bonds. The van der Waals surface area contributed by atoms with E-state index in [0.717, 1.165) is 37.2 Å². The van der Waals surface area contributed by atoms with Crippen molar-refractivity contribution in [3.05, 3.63) is 64.8 Å². The third-order valence-corrected chi connectivity index (χ3v) is 5.59. The predicted molar refractivity (Wildman–Crippen MR) is 122 cm³/mol. The topological polar surface area (TPSA) is 120 Å². The van der Waals surface area contributed by atoms with Crippen LogP contribution in [-0.4, -0.2) is 51.2 Å². The van der Waals surface area contributed by atoms with Crippen LogP contribution in [0.4, 0.5) is 5.95 Å². The number of amides is 1. The summed E-state index contributed by atoms with van der Waals surface area (Å²) >= 11 is 6.07. The number of hydrogen-bond acceptors (Lipinski definition) is 7. The summed E-state index contributed by atoms with van der Waals surface area (Å²) in [6.07, 6.45) is 6.80. The normalized spacial score (nSPS) is 15.3. The maximum atomic E-state index is 12.8. The van der Waals surface area contributed by atoms with E-state index in [-0.39, 0.29) is 30.2 Å². The second kappa shape index (κ2) is 10.1. The molecular formula is C22H26ClN7O2. The largest absolute Gasteiger partial charge is 0.381 e. The lowest BCUT2D eigenvalue weighted by atomic mass is 10.1. The summed E-state index contributed by atoms with van der Waals surface area (Å²) in [6.45, 7) is 3.61. The van der Waals surface area contributed by atoms with E-state index >= 15 is 0 Å². The number of imidazole rings is 1. The number of aromatic nitrogens is 4. The number of ether oxygens (including phenoxy) is 1. The number of nitrogens with one attached hydrogen (secondary N) is 2. The van der Waals surface area contributed by atoms with Crippen LogP contribution in [-0.2, 0) is 4.74 Å². The summed E-state index contributed by atoms with van der Waals surface area (Å²) in [7, 11) is 0. The van der Waals surface area contributed by atoms with Crippen LogP contribution >= 0.6 is 11.6 Å². The fourth-order valence-corrected chi connectivity index (χ4v) is 3.78. The van der Waals surface area contributed by atoms with E-state index in [2.05, 4.69) is 25.6 Å². The first-order chi connectivity index (χ1) is 15.5. The molecule has 9 nitrogen and oxygen atoms in total. The van der Waals surface area contributed by atoms with Crippen LogP contribution in [0.15, 0.2) is 43.0 Å². The molecule has 3 aromatic rings. The lowest BCUT2D eigenvalue weighted by Gasteiger charge is -2.23. The van der Waals surface area contributed by atoms with Gasteiger partial charge in [-0.05, 0) is 37.5 Å². The first kappa shape index (κ1) is 22.2. The van der Waals surface area contributed by atoms with Gasteiger partial charge in [-0.15, -0.1) is 0 Å². The minimum Gasteiger partial charge on any atom is -0.381 e. The molecule has 0 radical (unpaired) electrons. The smallest absolute Gasteiger partial charge is 0.272 e. The lowest BCUT2D eigenvalue weighted by molar-refractivity contribution is 0.0903. The summed E-state index contributed by atoms with van der Waals surface area (Å²) in [6, 6.07) is 7.17. The molecule has 0 saturated carbocycles. The summed E-state index contributed by atoms with van der Waals surface area (Å²) < 4.78 is 7.12. The molecule has 0 spiro atoms. The van der Waals surface area contributed by atoms with Gasteiger partial charge in [0.2, 0.25) is 5.95 Å². The quantitative estimate of drug-likeness (QED) is 0.500. The molecule has 0 bridgehead atoms. The van der Waals surface area contributed by atoms with E-state index in [4.69, 9.17) is 22.1 Å². The van der Waals surface area contributed by atoms with Gasteiger partial charge in [0, 0.05) is 48.8 Å². The van der Waals surface area contributed by atoms with Crippen LogP contribution in [0.2, 0.25) is 5.02 Å². The van der Waals surface area contributed by atoms with Gasteiger partial charge in [0.25, 0.3) is 5.91 Å². The van der Waals surface area contributed by atoms with Crippen LogP contribution in [0.3, 0.4) is 0 Å². The Kier molecular flexibility index (Phi) is 6.99. The van der Waals surface area contributed by atoms with Gasteiger partial charge in [-0.1, -0.05) is 23.7 Å². The van der Waals surface area contributed by atoms with Gasteiger partial charge in [0.15, 0.2) is 0 Å². The average molecular weight is 456 g/mol. The molecule has 0 unspecified atom stereocenters. The average Bonchev–Trinajstić information content (AvgIpc) is 3.29. The number of carbonyl (C=O) groups excluding carboxylic acids is 1. The van der Waals surface area contributed by atoms with Crippen molar-refractivity contribution in [3.63, 3.8) is 0 Å². The Hall–Kier alpha value is -3.01. The number of nitrogens with two attached hydrogens (primary N) is 1. The van der Waals surface area contributed by atoms with Crippen molar-refractivity contribution < 1.29 is 9.53 Å². The van der Waals surface area contributed by atoms with E-state index in [1.54, 1.807) is 35.4 Å². The van der Waals surface area contributed by atoms with Crippen LogP contribution in [0.1, 0.15) is 40.5 Å². The molecule has 4 N–H and O–H groups in total. The van der Waals surface area contributed by atoms with E-state index in [1.807, 2.05) is 19.1 Å². The number of rotatable bonds is 7. The maximum absolute atomic E-state index is 12.8. The van der Waals surface area contributed by atoms with Gasteiger partial charge in [-0.3, -0.25) is 9.36 Å². The molecular weight excluding hydrogens is 430 g/mol. The Morgan fingerprint density at radius 1 is 1.34 bits per heavy atom. The highest BCUT2D eigenvalue weighted by atomic mass is 35.5. The van der Waals surface area contributed by atoms with Crippen molar-refractivity contribution in [2.45, 2.75) is 31.8 Å². The molecule has 0 aliphatic carbocycles. The van der Waals surface area contributed by atoms with Gasteiger partial charge < -0.3 is 21.1 Å². The molecule has 1 aliphatic heterocycles. The van der Waals surface area contributed by atoms with Gasteiger partial charge in [-0.25, -0.2) is 9.97 Å². The van der Waals surface area contributed by atoms with Crippen LogP contribution in [0, 0.1) is 6.92 Å². The summed E-state index contributed by atoms with van der Waals surface area (Å²) in [5, 5.41) is 6.87. The molecule has 1 atom stereocenters. The molecule has 168 valence electrons. The highest BCUT2D eigenvalue weighted by Crippen LogP contribution is 2.19. The fraction of sp³-hybridized carbons (Fsp3) is 0.364. The maximum Gasteiger partial charge on any atom is 0.272 e. The zero-order valence-electron chi connectivity index (χ0n) is 17.8. The fourth-order valence-electron chi connectivity index (χ4n) is 3.58. The number of nitrogens with zero attached hydrogens (tertiary/aromatic N) is 4. The van der Waals surface area contributed by atoms with Crippen molar-refractivity contribution in [1.29, 1.82) is 0 Å². The van der Waals surface area contributed by atoms with Gasteiger partial charge in [0.05, 0.1) is 6.04 Å². The summed E-state index contributed by atoms with van der Waals surface area (Å²) in [4.78, 5) is 26.1. The third kappa shape index (κ3) is 5.24. The predicted octanol–water partition coefficient (Wildman–Crippen LogP) is 2.64. The molecule has 3 heterocycles. The molecule has 4 rings (SSSR count). The van der Waals surface area contributed by atoms with Crippen molar-refractivity contribution in [1.82, 2.24) is 24.8 Å². The van der Waals surface area contributed by atoms with E-state index in [0.29, 0.717) is 16.8 Å². The summed E-state index contributed by atoms with van der Waals surface area (Å²) in [5.74, 6) is 0.874. The molecule has 1 aliphatic rings. The Morgan fingerprint density at radius 2 is 2.16 bits per heavy atom. The Bertz CT molecular complexity index is 1080. The second-order valence-corrected chi connectivity index (χ2v) is 8.15. The summed E-state index contributed by atoms with van der Waals surface area (Å²) in [5.41, 5.74) is 7.84. The van der Waals surface area contributed by atoms with Crippen LogP contribution in [0.25, 0.3) is 5.82 Å². The molecule has 1 aromatic carbocycles. The second-order valence-electron chi connectivity index (χ2n) is 7.71. The first-order valence-electron chi connectivity index (χ1n) is 10.5. The number of benzene rings is 1. The van der Waals surface area contributed by atoms with Gasteiger partial charge in [-0.2, -0.15) is 4.98 Å². The third-order valence-electron chi connectivity index (χ3n) is 5.35. The van der Waals surface area contributed by atoms with Crippen LogP contribution < -0.4 is 16.4 Å². The van der Waals surface area contributed by atoms with Gasteiger partial charge in [0.1, 0.15) is 17.8 Å². The van der Waals surface area contributed by atoms with E-state index in [9.17, 15) is 4.79 Å². The van der Waals surface area contributed by atoms with Crippen molar-refractivity contribution >= 4 is 23.5 Å². The standard InChI is InChI=1S/C22H26ClN7O2/c1-14-11-25-22(27-17-5-7-32-8-6-17)29-20(14)30-12-19(26-13-30)21(31)28-18(10-24)15-3-2-4-16(23)9-15/h2-4,9,11-13,17-18H,5-8,10,24H2,1H3,(H,28,31)(H,25,27,29)/t18-/m1/s1. The SMILES string of the molecule is Cc1cnc(NC2CCOCC2)nc1-n1cnc(C(=O)N[C@H](CN)c2cccc(Cl)c2)c1. The molecule has 32 heavy (non-hydrogen) atoms. The number of anilines is 1. The minimum atomic E-state index is -0.373. The highest BCUT2D eigenvalue weighted by molar-refractivity contribution is 6.30. The first-order valence-corrected chi connectivity index (χ1v) is 10.9. The van der Waals surface area contributed by atoms with Crippen LogP contribution in [0.5, 0.6) is 0 Å². The Labute approximate surface area is 191 Å². The van der Waals surface area contributed by atoms with Crippen molar-refractivity contribution in [3.8, 4) is 5.82 Å². The van der Waals surface area contributed by atoms with E-state index < -0.39 is 0 Å². The van der Waals surface area contributed by atoms with E-state index in [1.165, 1.54) is 0 Å². The molecule has 1 fully saturated rings. The van der Waals surface area contributed by atoms with Crippen molar-refractivity contribution in [2.75, 3.05) is 25.1 Å². The van der Waals surface area contributed by atoms with Crippen molar-refractivity contribution in [2.24, 2.45) is 5.73 Å². The zero-order chi connectivity index (χ0) is 22.5. The molecule has 2 aromatic heterocycles. The molecule has 10 heteroatoms.